The van der Waals surface area contributed by atoms with Crippen molar-refractivity contribution in [1.82, 2.24) is 9.97 Å². The molecule has 0 N–H and O–H groups in total. The average Bonchev–Trinajstić information content (AvgIpc) is 2.95. The van der Waals surface area contributed by atoms with Crippen LogP contribution in [0.2, 0.25) is 0 Å². The zero-order valence-electron chi connectivity index (χ0n) is 10.6. The average molecular weight is 256 g/mol. The summed E-state index contributed by atoms with van der Waals surface area (Å²) in [5.74, 6) is 1.84. The highest BCUT2D eigenvalue weighted by Gasteiger charge is 2.08. The Bertz CT molecular complexity index is 722. The first kappa shape index (κ1) is 11.5. The first-order chi connectivity index (χ1) is 9.30. The van der Waals surface area contributed by atoms with E-state index in [1.165, 1.54) is 0 Å². The fourth-order valence-electron chi connectivity index (χ4n) is 1.80. The summed E-state index contributed by atoms with van der Waals surface area (Å²) in [4.78, 5) is 8.86. The van der Waals surface area contributed by atoms with E-state index >= 15 is 0 Å². The molecule has 0 bridgehead atoms. The van der Waals surface area contributed by atoms with E-state index < -0.39 is 0 Å². The van der Waals surface area contributed by atoms with Crippen molar-refractivity contribution in [3.63, 3.8) is 0 Å². The summed E-state index contributed by atoms with van der Waals surface area (Å²) in [6, 6.07) is 9.11. The lowest BCUT2D eigenvalue weighted by atomic mass is 10.2. The van der Waals surface area contributed by atoms with Gasteiger partial charge in [-0.05, 0) is 18.2 Å². The number of ether oxygens (including phenoxy) is 2. The van der Waals surface area contributed by atoms with Crippen molar-refractivity contribution < 1.29 is 13.9 Å². The van der Waals surface area contributed by atoms with Crippen LogP contribution in [-0.2, 0) is 0 Å². The van der Waals surface area contributed by atoms with E-state index in [4.69, 9.17) is 13.9 Å². The molecule has 0 unspecified atom stereocenters. The van der Waals surface area contributed by atoms with Gasteiger partial charge in [0, 0.05) is 12.1 Å². The highest BCUT2D eigenvalue weighted by Crippen LogP contribution is 2.26. The van der Waals surface area contributed by atoms with E-state index in [9.17, 15) is 0 Å². The lowest BCUT2D eigenvalue weighted by molar-refractivity contribution is 0.309. The van der Waals surface area contributed by atoms with Crippen LogP contribution in [0.1, 0.15) is 0 Å². The van der Waals surface area contributed by atoms with E-state index in [0.717, 1.165) is 16.8 Å². The van der Waals surface area contributed by atoms with Crippen molar-refractivity contribution in [2.24, 2.45) is 0 Å². The number of hydrogen-bond acceptors (Lipinski definition) is 5. The molecule has 0 radical (unpaired) electrons. The van der Waals surface area contributed by atoms with Crippen molar-refractivity contribution in [3.8, 4) is 23.1 Å². The third kappa shape index (κ3) is 2.10. The first-order valence-electron chi connectivity index (χ1n) is 5.75. The lowest BCUT2D eigenvalue weighted by Crippen LogP contribution is -1.89. The van der Waals surface area contributed by atoms with Crippen LogP contribution in [0.25, 0.3) is 22.5 Å². The molecule has 2 aromatic heterocycles. The van der Waals surface area contributed by atoms with E-state index in [1.807, 2.05) is 18.2 Å². The van der Waals surface area contributed by atoms with E-state index in [0.29, 0.717) is 17.4 Å². The minimum Gasteiger partial charge on any atom is -0.497 e. The summed E-state index contributed by atoms with van der Waals surface area (Å²) in [6.07, 6.45) is 1.67. The molecule has 2 heterocycles. The van der Waals surface area contributed by atoms with Crippen molar-refractivity contribution >= 4 is 11.0 Å². The molecule has 0 spiro atoms. The predicted octanol–water partition coefficient (Wildman–Crippen LogP) is 2.91. The SMILES string of the molecule is COc1ccc2nc(-c3ccc(OC)o3)cnc2c1. The van der Waals surface area contributed by atoms with Gasteiger partial charge in [-0.1, -0.05) is 0 Å². The van der Waals surface area contributed by atoms with Gasteiger partial charge in [-0.25, -0.2) is 4.98 Å². The van der Waals surface area contributed by atoms with Crippen LogP contribution in [0, 0.1) is 0 Å². The molecule has 0 aliphatic rings. The Morgan fingerprint density at radius 1 is 1.00 bits per heavy atom. The number of benzene rings is 1. The summed E-state index contributed by atoms with van der Waals surface area (Å²) < 4.78 is 15.6. The zero-order valence-corrected chi connectivity index (χ0v) is 10.6. The fraction of sp³-hybridized carbons (Fsp3) is 0.143. The smallest absolute Gasteiger partial charge is 0.284 e. The van der Waals surface area contributed by atoms with Crippen LogP contribution in [0.5, 0.6) is 11.7 Å². The second-order valence-electron chi connectivity index (χ2n) is 3.93. The molecular formula is C14H12N2O3. The Morgan fingerprint density at radius 2 is 1.89 bits per heavy atom. The molecule has 0 saturated carbocycles. The van der Waals surface area contributed by atoms with Crippen molar-refractivity contribution in [2.75, 3.05) is 14.2 Å². The molecule has 0 aliphatic heterocycles. The monoisotopic (exact) mass is 256 g/mol. The third-order valence-corrected chi connectivity index (χ3v) is 2.78. The van der Waals surface area contributed by atoms with Crippen LogP contribution >= 0.6 is 0 Å². The van der Waals surface area contributed by atoms with Gasteiger partial charge in [-0.2, -0.15) is 0 Å². The molecule has 96 valence electrons. The summed E-state index contributed by atoms with van der Waals surface area (Å²) in [7, 11) is 3.18. The van der Waals surface area contributed by atoms with Crippen molar-refractivity contribution in [3.05, 3.63) is 36.5 Å². The number of nitrogens with zero attached hydrogens (tertiary/aromatic N) is 2. The molecule has 0 amide bonds. The van der Waals surface area contributed by atoms with Gasteiger partial charge in [0.15, 0.2) is 5.76 Å². The molecule has 5 nitrogen and oxygen atoms in total. The number of aromatic nitrogens is 2. The van der Waals surface area contributed by atoms with Gasteiger partial charge in [0.1, 0.15) is 11.4 Å². The standard InChI is InChI=1S/C14H12N2O3/c1-17-9-3-4-10-11(7-9)15-8-12(16-10)13-5-6-14(18-2)19-13/h3-8H,1-2H3. The maximum absolute atomic E-state index is 5.46. The molecule has 3 aromatic rings. The molecule has 3 rings (SSSR count). The lowest BCUT2D eigenvalue weighted by Gasteiger charge is -2.02. The van der Waals surface area contributed by atoms with Gasteiger partial charge in [-0.15, -0.1) is 0 Å². The first-order valence-corrected chi connectivity index (χ1v) is 5.75. The number of methoxy groups -OCH3 is 2. The molecule has 0 aliphatic carbocycles. The van der Waals surface area contributed by atoms with Gasteiger partial charge in [0.2, 0.25) is 0 Å². The molecule has 5 heteroatoms. The maximum atomic E-state index is 5.46. The predicted molar refractivity (Wildman–Crippen MR) is 70.3 cm³/mol. The molecule has 1 aromatic carbocycles. The normalized spacial score (nSPS) is 10.6. The fourth-order valence-corrected chi connectivity index (χ4v) is 1.80. The second kappa shape index (κ2) is 4.61. The summed E-state index contributed by atoms with van der Waals surface area (Å²) in [5.41, 5.74) is 2.23. The van der Waals surface area contributed by atoms with Gasteiger partial charge >= 0.3 is 0 Å². The molecule has 19 heavy (non-hydrogen) atoms. The summed E-state index contributed by atoms with van der Waals surface area (Å²) in [6.45, 7) is 0. The Hall–Kier alpha value is -2.56. The topological polar surface area (TPSA) is 57.4 Å². The van der Waals surface area contributed by atoms with Gasteiger partial charge in [-0.3, -0.25) is 4.98 Å². The van der Waals surface area contributed by atoms with Crippen LogP contribution < -0.4 is 9.47 Å². The van der Waals surface area contributed by atoms with E-state index in [1.54, 1.807) is 32.5 Å². The number of hydrogen-bond donors (Lipinski definition) is 0. The number of furan rings is 1. The highest BCUT2D eigenvalue weighted by atomic mass is 16.6. The molecule has 0 fully saturated rings. The van der Waals surface area contributed by atoms with E-state index in [-0.39, 0.29) is 0 Å². The highest BCUT2D eigenvalue weighted by molar-refractivity contribution is 5.77. The molecular weight excluding hydrogens is 244 g/mol. The summed E-state index contributed by atoms with van der Waals surface area (Å²) in [5, 5.41) is 0. The van der Waals surface area contributed by atoms with Crippen LogP contribution in [0.3, 0.4) is 0 Å². The largest absolute Gasteiger partial charge is 0.497 e. The molecule has 0 saturated heterocycles. The van der Waals surface area contributed by atoms with Crippen molar-refractivity contribution in [2.45, 2.75) is 0 Å². The van der Waals surface area contributed by atoms with Gasteiger partial charge in [0.25, 0.3) is 5.95 Å². The van der Waals surface area contributed by atoms with Gasteiger partial charge in [0.05, 0.1) is 31.4 Å². The van der Waals surface area contributed by atoms with Crippen LogP contribution in [0.15, 0.2) is 40.9 Å². The van der Waals surface area contributed by atoms with Crippen LogP contribution in [0.4, 0.5) is 0 Å². The van der Waals surface area contributed by atoms with Gasteiger partial charge < -0.3 is 13.9 Å². The summed E-state index contributed by atoms with van der Waals surface area (Å²) >= 11 is 0. The molecule has 0 atom stereocenters. The Balaban J connectivity index is 2.06. The van der Waals surface area contributed by atoms with E-state index in [2.05, 4.69) is 9.97 Å². The van der Waals surface area contributed by atoms with Crippen molar-refractivity contribution in [1.29, 1.82) is 0 Å². The zero-order chi connectivity index (χ0) is 13.2. The minimum absolute atomic E-state index is 0.451. The second-order valence-corrected chi connectivity index (χ2v) is 3.93. The minimum atomic E-state index is 0.451. The quantitative estimate of drug-likeness (QED) is 0.721. The maximum Gasteiger partial charge on any atom is 0.284 e. The van der Waals surface area contributed by atoms with Crippen LogP contribution in [-0.4, -0.2) is 24.2 Å². The number of fused-ring (bicyclic) bond motifs is 1. The number of rotatable bonds is 3. The third-order valence-electron chi connectivity index (χ3n) is 2.78. The Labute approximate surface area is 109 Å². The Morgan fingerprint density at radius 3 is 2.63 bits per heavy atom. The Kier molecular flexibility index (Phi) is 2.79.